The van der Waals surface area contributed by atoms with E-state index < -0.39 is 0 Å². The quantitative estimate of drug-likeness (QED) is 0.201. The fraction of sp³-hybridized carbons (Fsp3) is 0.0667. The summed E-state index contributed by atoms with van der Waals surface area (Å²) in [6.07, 6.45) is 0. The third kappa shape index (κ3) is 4.48. The second-order valence-electron chi connectivity index (χ2n) is 13.0. The lowest BCUT2D eigenvalue weighted by Gasteiger charge is -2.22. The Balaban J connectivity index is 1.20. The Labute approximate surface area is 275 Å². The summed E-state index contributed by atoms with van der Waals surface area (Å²) in [6, 6.07) is 56.5. The first-order valence-electron chi connectivity index (χ1n) is 16.3. The maximum absolute atomic E-state index is 5.15. The van der Waals surface area contributed by atoms with Gasteiger partial charge < -0.3 is 0 Å². The van der Waals surface area contributed by atoms with Crippen LogP contribution in [0.4, 0.5) is 0 Å². The fourth-order valence-corrected chi connectivity index (χ4v) is 7.42. The van der Waals surface area contributed by atoms with Gasteiger partial charge in [-0.2, -0.15) is 0 Å². The van der Waals surface area contributed by atoms with Gasteiger partial charge in [0.1, 0.15) is 0 Å². The zero-order chi connectivity index (χ0) is 31.5. The molecule has 2 heteroatoms. The molecule has 2 nitrogen and oxygen atoms in total. The molecular weight excluding hydrogens is 569 g/mol. The van der Waals surface area contributed by atoms with E-state index in [2.05, 4.69) is 159 Å². The molecule has 47 heavy (non-hydrogen) atoms. The van der Waals surface area contributed by atoms with Crippen molar-refractivity contribution in [2.75, 3.05) is 0 Å². The van der Waals surface area contributed by atoms with Gasteiger partial charge in [0.25, 0.3) is 0 Å². The third-order valence-electron chi connectivity index (χ3n) is 9.88. The van der Waals surface area contributed by atoms with Crippen molar-refractivity contribution >= 4 is 21.5 Å². The first-order chi connectivity index (χ1) is 23.0. The Bertz CT molecular complexity index is 2420. The summed E-state index contributed by atoms with van der Waals surface area (Å²) < 4.78 is 0. The molecule has 222 valence electrons. The molecule has 0 bridgehead atoms. The number of rotatable bonds is 4. The molecule has 0 N–H and O–H groups in total. The first kappa shape index (κ1) is 27.5. The molecule has 1 aromatic heterocycles. The van der Waals surface area contributed by atoms with E-state index >= 15 is 0 Å². The second-order valence-corrected chi connectivity index (χ2v) is 13.0. The van der Waals surface area contributed by atoms with Gasteiger partial charge >= 0.3 is 0 Å². The second kappa shape index (κ2) is 10.6. The number of nitrogens with zero attached hydrogens (tertiary/aromatic N) is 2. The predicted molar refractivity (Wildman–Crippen MR) is 196 cm³/mol. The Kier molecular flexibility index (Phi) is 6.20. The van der Waals surface area contributed by atoms with Gasteiger partial charge in [-0.3, -0.25) is 0 Å². The molecule has 8 aromatic rings. The van der Waals surface area contributed by atoms with Crippen LogP contribution in [0.25, 0.3) is 77.7 Å². The molecule has 0 atom stereocenters. The van der Waals surface area contributed by atoms with Crippen LogP contribution in [-0.2, 0) is 5.41 Å². The smallest absolute Gasteiger partial charge is 0.161 e. The van der Waals surface area contributed by atoms with Crippen LogP contribution in [0.1, 0.15) is 25.0 Å². The monoisotopic (exact) mass is 600 g/mol. The van der Waals surface area contributed by atoms with Crippen molar-refractivity contribution in [3.63, 3.8) is 0 Å². The highest BCUT2D eigenvalue weighted by molar-refractivity contribution is 6.05. The van der Waals surface area contributed by atoms with Crippen molar-refractivity contribution in [3.05, 3.63) is 169 Å². The molecule has 0 saturated heterocycles. The molecule has 1 heterocycles. The van der Waals surface area contributed by atoms with E-state index in [1.165, 1.54) is 49.5 Å². The van der Waals surface area contributed by atoms with Crippen molar-refractivity contribution in [1.29, 1.82) is 0 Å². The number of hydrogen-bond acceptors (Lipinski definition) is 2. The van der Waals surface area contributed by atoms with E-state index in [1.54, 1.807) is 0 Å². The lowest BCUT2D eigenvalue weighted by atomic mass is 9.81. The average molecular weight is 601 g/mol. The third-order valence-corrected chi connectivity index (χ3v) is 9.88. The largest absolute Gasteiger partial charge is 0.228 e. The molecule has 0 radical (unpaired) electrons. The molecule has 1 aliphatic carbocycles. The van der Waals surface area contributed by atoms with Crippen LogP contribution < -0.4 is 0 Å². The maximum Gasteiger partial charge on any atom is 0.161 e. The maximum atomic E-state index is 5.15. The van der Waals surface area contributed by atoms with Gasteiger partial charge in [-0.1, -0.05) is 141 Å². The van der Waals surface area contributed by atoms with Crippen LogP contribution in [0.3, 0.4) is 0 Å². The number of hydrogen-bond donors (Lipinski definition) is 0. The predicted octanol–water partition coefficient (Wildman–Crippen LogP) is 11.8. The summed E-state index contributed by atoms with van der Waals surface area (Å²) in [5.41, 5.74) is 12.8. The molecule has 9 rings (SSSR count). The lowest BCUT2D eigenvalue weighted by Crippen LogP contribution is -2.15. The van der Waals surface area contributed by atoms with Gasteiger partial charge in [-0.05, 0) is 85.3 Å². The zero-order valence-corrected chi connectivity index (χ0v) is 26.4. The van der Waals surface area contributed by atoms with Crippen molar-refractivity contribution < 1.29 is 0 Å². The van der Waals surface area contributed by atoms with Crippen molar-refractivity contribution in [2.24, 2.45) is 0 Å². The molecule has 0 unspecified atom stereocenters. The summed E-state index contributed by atoms with van der Waals surface area (Å²) in [6.45, 7) is 4.72. The summed E-state index contributed by atoms with van der Waals surface area (Å²) in [5.74, 6) is 0.727. The standard InChI is InChI=1S/C45H32N2/c1-45(2)40-27-33(21-22-37(40)39-25-31-17-9-10-18-32(31)26-41(39)45)34-23-24-38(36-20-12-11-19-35(34)36)44-46-42(29-13-5-3-6-14-29)28-43(47-44)30-15-7-4-8-16-30/h3-28H,1-2H3. The number of fused-ring (bicyclic) bond motifs is 5. The minimum Gasteiger partial charge on any atom is -0.228 e. The normalized spacial score (nSPS) is 13.1. The molecule has 0 amide bonds. The van der Waals surface area contributed by atoms with E-state index in [1.807, 2.05) is 12.1 Å². The molecular formula is C45H32N2. The molecule has 7 aromatic carbocycles. The Morgan fingerprint density at radius 1 is 0.383 bits per heavy atom. The molecule has 0 saturated carbocycles. The summed E-state index contributed by atoms with van der Waals surface area (Å²) in [4.78, 5) is 10.3. The summed E-state index contributed by atoms with van der Waals surface area (Å²) in [5, 5.41) is 4.92. The minimum absolute atomic E-state index is 0.0972. The Hall–Kier alpha value is -5.86. The van der Waals surface area contributed by atoms with Crippen LogP contribution >= 0.6 is 0 Å². The van der Waals surface area contributed by atoms with Crippen LogP contribution in [0, 0.1) is 0 Å². The highest BCUT2D eigenvalue weighted by atomic mass is 14.9. The highest BCUT2D eigenvalue weighted by Gasteiger charge is 2.36. The first-order valence-corrected chi connectivity index (χ1v) is 16.3. The van der Waals surface area contributed by atoms with E-state index in [9.17, 15) is 0 Å². The molecule has 0 spiro atoms. The molecule has 1 aliphatic rings. The van der Waals surface area contributed by atoms with Gasteiger partial charge in [-0.25, -0.2) is 9.97 Å². The zero-order valence-electron chi connectivity index (χ0n) is 26.4. The van der Waals surface area contributed by atoms with E-state index in [0.29, 0.717) is 0 Å². The topological polar surface area (TPSA) is 25.8 Å². The van der Waals surface area contributed by atoms with Gasteiger partial charge in [0.15, 0.2) is 5.82 Å². The van der Waals surface area contributed by atoms with Gasteiger partial charge in [0.2, 0.25) is 0 Å². The molecule has 0 fully saturated rings. The average Bonchev–Trinajstić information content (AvgIpc) is 3.35. The van der Waals surface area contributed by atoms with E-state index in [0.717, 1.165) is 39.3 Å². The van der Waals surface area contributed by atoms with E-state index in [-0.39, 0.29) is 5.41 Å². The number of benzene rings is 7. The Morgan fingerprint density at radius 2 is 0.894 bits per heavy atom. The SMILES string of the molecule is CC1(C)c2cc(-c3ccc(-c4nc(-c5ccccc5)cc(-c5ccccc5)n4)c4ccccc34)ccc2-c2cc3ccccc3cc21. The summed E-state index contributed by atoms with van der Waals surface area (Å²) >= 11 is 0. The van der Waals surface area contributed by atoms with Crippen LogP contribution in [0.5, 0.6) is 0 Å². The van der Waals surface area contributed by atoms with E-state index in [4.69, 9.17) is 9.97 Å². The summed E-state index contributed by atoms with van der Waals surface area (Å²) in [7, 11) is 0. The van der Waals surface area contributed by atoms with Gasteiger partial charge in [0, 0.05) is 22.1 Å². The Morgan fingerprint density at radius 3 is 1.55 bits per heavy atom. The van der Waals surface area contributed by atoms with Gasteiger partial charge in [0.05, 0.1) is 11.4 Å². The molecule has 0 aliphatic heterocycles. The van der Waals surface area contributed by atoms with Crippen molar-refractivity contribution in [2.45, 2.75) is 19.3 Å². The van der Waals surface area contributed by atoms with Crippen molar-refractivity contribution in [1.82, 2.24) is 9.97 Å². The van der Waals surface area contributed by atoms with Gasteiger partial charge in [-0.15, -0.1) is 0 Å². The highest BCUT2D eigenvalue weighted by Crippen LogP contribution is 2.51. The lowest BCUT2D eigenvalue weighted by molar-refractivity contribution is 0.661. The minimum atomic E-state index is -0.0972. The fourth-order valence-electron chi connectivity index (χ4n) is 7.42. The number of aromatic nitrogens is 2. The van der Waals surface area contributed by atoms with Crippen LogP contribution in [-0.4, -0.2) is 9.97 Å². The van der Waals surface area contributed by atoms with Crippen LogP contribution in [0.15, 0.2) is 158 Å². The van der Waals surface area contributed by atoms with Crippen molar-refractivity contribution in [3.8, 4) is 56.2 Å². The van der Waals surface area contributed by atoms with Crippen LogP contribution in [0.2, 0.25) is 0 Å².